The summed E-state index contributed by atoms with van der Waals surface area (Å²) in [5.74, 6) is -0.497. The van der Waals surface area contributed by atoms with Gasteiger partial charge >= 0.3 is 6.18 Å². The number of rotatable bonds is 4. The summed E-state index contributed by atoms with van der Waals surface area (Å²) in [4.78, 5) is 0. The first-order chi connectivity index (χ1) is 11.2. The minimum Gasteiger partial charge on any atom is -0.382 e. The Bertz CT molecular complexity index is 826. The van der Waals surface area contributed by atoms with Gasteiger partial charge in [0.05, 0.1) is 17.1 Å². The summed E-state index contributed by atoms with van der Waals surface area (Å²) in [6, 6.07) is 8.35. The number of aromatic nitrogens is 2. The molecule has 0 unspecified atom stereocenters. The minimum absolute atomic E-state index is 0.219. The molecule has 4 N–H and O–H groups in total. The zero-order valence-electron chi connectivity index (χ0n) is 12.4. The molecule has 0 amide bonds. The van der Waals surface area contributed by atoms with Gasteiger partial charge in [0.25, 0.3) is 0 Å². The van der Waals surface area contributed by atoms with Crippen LogP contribution in [0.25, 0.3) is 5.69 Å². The van der Waals surface area contributed by atoms with Gasteiger partial charge in [-0.25, -0.2) is 4.68 Å². The Morgan fingerprint density at radius 1 is 1.38 bits per heavy atom. The Morgan fingerprint density at radius 3 is 2.50 bits per heavy atom. The molecule has 1 aromatic heterocycles. The van der Waals surface area contributed by atoms with Crippen LogP contribution in [0.3, 0.4) is 0 Å². The number of hydrazone groups is 1. The van der Waals surface area contributed by atoms with Gasteiger partial charge in [0.2, 0.25) is 5.71 Å². The summed E-state index contributed by atoms with van der Waals surface area (Å²) < 4.78 is 39.8. The van der Waals surface area contributed by atoms with Crippen LogP contribution in [0.1, 0.15) is 11.4 Å². The highest BCUT2D eigenvalue weighted by molar-refractivity contribution is 6.45. The zero-order chi connectivity index (χ0) is 17.9. The van der Waals surface area contributed by atoms with Crippen molar-refractivity contribution in [3.63, 3.8) is 0 Å². The van der Waals surface area contributed by atoms with Crippen molar-refractivity contribution >= 4 is 17.2 Å². The summed E-state index contributed by atoms with van der Waals surface area (Å²) in [5, 5.41) is 23.3. The van der Waals surface area contributed by atoms with Gasteiger partial charge in [-0.05, 0) is 37.3 Å². The van der Waals surface area contributed by atoms with E-state index >= 15 is 0 Å². The fourth-order valence-corrected chi connectivity index (χ4v) is 1.84. The lowest BCUT2D eigenvalue weighted by atomic mass is 10.2. The van der Waals surface area contributed by atoms with Crippen LogP contribution in [-0.2, 0) is 6.18 Å². The predicted octanol–water partition coefficient (Wildman–Crippen LogP) is 2.43. The van der Waals surface area contributed by atoms with Crippen molar-refractivity contribution in [3.8, 4) is 11.8 Å². The molecule has 2 rings (SSSR count). The van der Waals surface area contributed by atoms with Crippen LogP contribution in [0.4, 0.5) is 18.9 Å². The van der Waals surface area contributed by atoms with Gasteiger partial charge in [0, 0.05) is 0 Å². The standard InChI is InChI=1S/C14H12F3N7/c1-8-6-12(14(15,16)17)24(23-8)10-4-2-9(3-5-10)21-22-11(7-18)13(19)20/h2-6,21H,1H3,(H3,19,20)/b22-11+. The second kappa shape index (κ2) is 6.41. The summed E-state index contributed by atoms with van der Waals surface area (Å²) in [7, 11) is 0. The number of benzene rings is 1. The van der Waals surface area contributed by atoms with Crippen LogP contribution in [0, 0.1) is 23.7 Å². The highest BCUT2D eigenvalue weighted by Gasteiger charge is 2.35. The molecule has 1 heterocycles. The number of nitrogens with two attached hydrogens (primary N) is 1. The molecule has 0 aliphatic carbocycles. The van der Waals surface area contributed by atoms with E-state index in [0.29, 0.717) is 5.69 Å². The zero-order valence-corrected chi connectivity index (χ0v) is 12.4. The molecule has 0 aliphatic heterocycles. The lowest BCUT2D eigenvalue weighted by molar-refractivity contribution is -0.142. The van der Waals surface area contributed by atoms with E-state index in [1.54, 1.807) is 6.07 Å². The second-order valence-electron chi connectivity index (χ2n) is 4.73. The molecule has 24 heavy (non-hydrogen) atoms. The van der Waals surface area contributed by atoms with E-state index in [1.165, 1.54) is 31.2 Å². The first-order valence-electron chi connectivity index (χ1n) is 6.55. The fraction of sp³-hybridized carbons (Fsp3) is 0.143. The third-order valence-electron chi connectivity index (χ3n) is 2.89. The number of aryl methyl sites for hydroxylation is 1. The third-order valence-corrected chi connectivity index (χ3v) is 2.89. The van der Waals surface area contributed by atoms with E-state index in [9.17, 15) is 13.2 Å². The van der Waals surface area contributed by atoms with Gasteiger partial charge in [-0.1, -0.05) is 0 Å². The number of hydrogen-bond acceptors (Lipinski definition) is 5. The highest BCUT2D eigenvalue weighted by atomic mass is 19.4. The molecule has 0 bridgehead atoms. The summed E-state index contributed by atoms with van der Waals surface area (Å²) in [6.07, 6.45) is -4.52. The van der Waals surface area contributed by atoms with Crippen molar-refractivity contribution in [2.24, 2.45) is 10.8 Å². The van der Waals surface area contributed by atoms with Crippen molar-refractivity contribution in [2.75, 3.05) is 5.43 Å². The molecule has 2 aromatic rings. The molecular weight excluding hydrogens is 323 g/mol. The van der Waals surface area contributed by atoms with Crippen LogP contribution in [0.15, 0.2) is 35.4 Å². The average molecular weight is 335 g/mol. The third kappa shape index (κ3) is 3.70. The van der Waals surface area contributed by atoms with Crippen LogP contribution in [0.5, 0.6) is 0 Å². The van der Waals surface area contributed by atoms with Crippen LogP contribution in [0.2, 0.25) is 0 Å². The maximum Gasteiger partial charge on any atom is 0.433 e. The quantitative estimate of drug-likeness (QED) is 0.452. The van der Waals surface area contributed by atoms with Crippen LogP contribution >= 0.6 is 0 Å². The molecule has 0 saturated heterocycles. The van der Waals surface area contributed by atoms with E-state index in [2.05, 4.69) is 15.6 Å². The lowest BCUT2D eigenvalue weighted by Crippen LogP contribution is -2.21. The van der Waals surface area contributed by atoms with Crippen molar-refractivity contribution in [1.29, 1.82) is 10.7 Å². The van der Waals surface area contributed by atoms with Crippen molar-refractivity contribution < 1.29 is 13.2 Å². The Labute approximate surface area is 134 Å². The van der Waals surface area contributed by atoms with Crippen LogP contribution < -0.4 is 11.2 Å². The first-order valence-corrected chi connectivity index (χ1v) is 6.55. The number of nitrogens with one attached hydrogen (secondary N) is 2. The first kappa shape index (κ1) is 17.0. The SMILES string of the molecule is Cc1cc(C(F)(F)F)n(-c2ccc(N/N=C(\C#N)C(=N)N)cc2)n1. The van der Waals surface area contributed by atoms with E-state index in [1.807, 2.05) is 0 Å². The van der Waals surface area contributed by atoms with E-state index in [0.717, 1.165) is 10.7 Å². The molecule has 1 aromatic carbocycles. The van der Waals surface area contributed by atoms with Gasteiger partial charge in [0.1, 0.15) is 11.8 Å². The monoisotopic (exact) mass is 335 g/mol. The van der Waals surface area contributed by atoms with E-state index < -0.39 is 17.7 Å². The van der Waals surface area contributed by atoms with Crippen molar-refractivity contribution in [3.05, 3.63) is 41.7 Å². The Kier molecular flexibility index (Phi) is 4.54. The molecule has 0 aliphatic rings. The smallest absolute Gasteiger partial charge is 0.382 e. The molecule has 0 atom stereocenters. The molecule has 0 fully saturated rings. The highest BCUT2D eigenvalue weighted by Crippen LogP contribution is 2.31. The largest absolute Gasteiger partial charge is 0.433 e. The predicted molar refractivity (Wildman–Crippen MR) is 81.9 cm³/mol. The van der Waals surface area contributed by atoms with Crippen molar-refractivity contribution in [2.45, 2.75) is 13.1 Å². The number of anilines is 1. The molecule has 124 valence electrons. The average Bonchev–Trinajstić information content (AvgIpc) is 2.90. The normalized spacial score (nSPS) is 11.9. The Balaban J connectivity index is 2.28. The molecule has 0 saturated carbocycles. The van der Waals surface area contributed by atoms with Gasteiger partial charge in [-0.15, -0.1) is 0 Å². The summed E-state index contributed by atoms with van der Waals surface area (Å²) in [6.45, 7) is 1.47. The number of nitrogens with zero attached hydrogens (tertiary/aromatic N) is 4. The van der Waals surface area contributed by atoms with Crippen molar-refractivity contribution in [1.82, 2.24) is 9.78 Å². The number of hydrogen-bond donors (Lipinski definition) is 3. The lowest BCUT2D eigenvalue weighted by Gasteiger charge is -2.10. The molecule has 7 nitrogen and oxygen atoms in total. The molecular formula is C14H12F3N7. The summed E-state index contributed by atoms with van der Waals surface area (Å²) in [5.41, 5.74) is 7.34. The van der Waals surface area contributed by atoms with Crippen LogP contribution in [-0.4, -0.2) is 21.3 Å². The van der Waals surface area contributed by atoms with Gasteiger partial charge in [-0.2, -0.15) is 28.6 Å². The fourth-order valence-electron chi connectivity index (χ4n) is 1.84. The van der Waals surface area contributed by atoms with E-state index in [-0.39, 0.29) is 17.1 Å². The molecule has 10 heteroatoms. The maximum absolute atomic E-state index is 13.0. The number of amidine groups is 1. The number of halogens is 3. The maximum atomic E-state index is 13.0. The Hall–Kier alpha value is -3.35. The number of alkyl halides is 3. The molecule has 0 radical (unpaired) electrons. The van der Waals surface area contributed by atoms with Gasteiger partial charge in [0.15, 0.2) is 5.84 Å². The number of nitriles is 1. The van der Waals surface area contributed by atoms with Gasteiger partial charge < -0.3 is 5.73 Å². The minimum atomic E-state index is -4.52. The summed E-state index contributed by atoms with van der Waals surface area (Å²) >= 11 is 0. The Morgan fingerprint density at radius 2 is 2.00 bits per heavy atom. The molecule has 0 spiro atoms. The topological polar surface area (TPSA) is 116 Å². The van der Waals surface area contributed by atoms with E-state index in [4.69, 9.17) is 16.4 Å². The second-order valence-corrected chi connectivity index (χ2v) is 4.73. The van der Waals surface area contributed by atoms with Gasteiger partial charge in [-0.3, -0.25) is 10.8 Å².